The van der Waals surface area contributed by atoms with Gasteiger partial charge in [-0.1, -0.05) is 100 Å². The average molecular weight is 443 g/mol. The van der Waals surface area contributed by atoms with Crippen LogP contribution in [-0.2, 0) is 9.47 Å². The minimum atomic E-state index is -0.248. The third-order valence-corrected chi connectivity index (χ3v) is 6.23. The molecule has 0 aromatic rings. The minimum Gasteiger partial charge on any atom is -0.349 e. The predicted molar refractivity (Wildman–Crippen MR) is 141 cm³/mol. The first kappa shape index (κ1) is 28.7. The summed E-state index contributed by atoms with van der Waals surface area (Å²) in [5.41, 5.74) is 5.78. The van der Waals surface area contributed by atoms with Crippen LogP contribution in [0.1, 0.15) is 106 Å². The van der Waals surface area contributed by atoms with Crippen molar-refractivity contribution in [3.05, 3.63) is 58.7 Å². The molecule has 0 saturated heterocycles. The maximum atomic E-state index is 5.99. The van der Waals surface area contributed by atoms with Crippen molar-refractivity contribution >= 4 is 0 Å². The molecule has 0 aromatic heterocycles. The summed E-state index contributed by atoms with van der Waals surface area (Å²) in [7, 11) is 0. The van der Waals surface area contributed by atoms with E-state index in [4.69, 9.17) is 9.47 Å². The lowest BCUT2D eigenvalue weighted by Crippen LogP contribution is -2.19. The largest absolute Gasteiger partial charge is 0.349 e. The molecule has 0 aromatic carbocycles. The Morgan fingerprint density at radius 2 is 1.56 bits per heavy atom. The van der Waals surface area contributed by atoms with E-state index >= 15 is 0 Å². The predicted octanol–water partition coefficient (Wildman–Crippen LogP) is 9.26. The van der Waals surface area contributed by atoms with Crippen LogP contribution in [0.3, 0.4) is 0 Å². The van der Waals surface area contributed by atoms with Gasteiger partial charge in [-0.3, -0.25) is 0 Å². The van der Waals surface area contributed by atoms with Gasteiger partial charge in [0.05, 0.1) is 13.2 Å². The van der Waals surface area contributed by atoms with Crippen LogP contribution >= 0.6 is 0 Å². The van der Waals surface area contributed by atoms with E-state index in [9.17, 15) is 0 Å². The van der Waals surface area contributed by atoms with Gasteiger partial charge in [-0.15, -0.1) is 0 Å². The van der Waals surface area contributed by atoms with E-state index in [2.05, 4.69) is 84.9 Å². The van der Waals surface area contributed by atoms with Crippen LogP contribution in [-0.4, -0.2) is 19.5 Å². The Hall–Kier alpha value is -1.38. The van der Waals surface area contributed by atoms with Gasteiger partial charge in [0.15, 0.2) is 6.29 Å². The van der Waals surface area contributed by atoms with Gasteiger partial charge in [-0.25, -0.2) is 0 Å². The van der Waals surface area contributed by atoms with Crippen LogP contribution in [0, 0.1) is 5.41 Å². The van der Waals surface area contributed by atoms with Crippen molar-refractivity contribution in [3.8, 4) is 0 Å². The zero-order chi connectivity index (χ0) is 23.8. The quantitative estimate of drug-likeness (QED) is 0.143. The summed E-state index contributed by atoms with van der Waals surface area (Å²) in [5, 5.41) is 0. The Bertz CT molecular complexity index is 661. The van der Waals surface area contributed by atoms with Crippen LogP contribution in [0.2, 0.25) is 0 Å². The first-order valence-corrected chi connectivity index (χ1v) is 12.9. The van der Waals surface area contributed by atoms with Gasteiger partial charge in [-0.2, -0.15) is 0 Å². The Morgan fingerprint density at radius 3 is 2.12 bits per heavy atom. The summed E-state index contributed by atoms with van der Waals surface area (Å²) < 4.78 is 12.0. The topological polar surface area (TPSA) is 18.5 Å². The average Bonchev–Trinajstić information content (AvgIpc) is 2.73. The molecule has 0 radical (unpaired) electrons. The molecule has 0 unspecified atom stereocenters. The molecule has 0 amide bonds. The maximum Gasteiger partial charge on any atom is 0.177 e. The fourth-order valence-corrected chi connectivity index (χ4v) is 4.15. The molecular formula is C30H50O2. The van der Waals surface area contributed by atoms with E-state index < -0.39 is 0 Å². The Balaban J connectivity index is 2.69. The first-order chi connectivity index (χ1) is 15.3. The zero-order valence-corrected chi connectivity index (χ0v) is 22.1. The van der Waals surface area contributed by atoms with E-state index in [0.717, 1.165) is 26.1 Å². The highest BCUT2D eigenvalue weighted by Gasteiger charge is 2.26. The summed E-state index contributed by atoms with van der Waals surface area (Å²) in [6.07, 6.45) is 23.7. The Labute approximate surface area is 199 Å². The van der Waals surface area contributed by atoms with E-state index in [1.165, 1.54) is 61.7 Å². The van der Waals surface area contributed by atoms with E-state index in [1.807, 2.05) is 0 Å². The highest BCUT2D eigenvalue weighted by atomic mass is 16.7. The smallest absolute Gasteiger partial charge is 0.177 e. The lowest BCUT2D eigenvalue weighted by molar-refractivity contribution is -0.113. The monoisotopic (exact) mass is 442 g/mol. The lowest BCUT2D eigenvalue weighted by atomic mass is 9.72. The van der Waals surface area contributed by atoms with E-state index in [0.29, 0.717) is 0 Å². The van der Waals surface area contributed by atoms with Crippen LogP contribution in [0.15, 0.2) is 58.7 Å². The van der Waals surface area contributed by atoms with Crippen LogP contribution in [0.25, 0.3) is 0 Å². The van der Waals surface area contributed by atoms with Crippen molar-refractivity contribution in [1.82, 2.24) is 0 Å². The van der Waals surface area contributed by atoms with Crippen LogP contribution < -0.4 is 0 Å². The van der Waals surface area contributed by atoms with Crippen LogP contribution in [0.5, 0.6) is 0 Å². The molecule has 2 heteroatoms. The minimum absolute atomic E-state index is 0.248. The molecule has 0 bridgehead atoms. The third kappa shape index (κ3) is 12.0. The molecule has 182 valence electrons. The van der Waals surface area contributed by atoms with Gasteiger partial charge in [-0.05, 0) is 69.9 Å². The molecule has 1 aliphatic carbocycles. The van der Waals surface area contributed by atoms with Gasteiger partial charge in [0, 0.05) is 0 Å². The third-order valence-electron chi connectivity index (χ3n) is 6.23. The first-order valence-electron chi connectivity index (χ1n) is 12.9. The van der Waals surface area contributed by atoms with Gasteiger partial charge >= 0.3 is 0 Å². The SMILES string of the molecule is CCCCCOC(C=C(C)C=CC=C(C)C=CC1=C(C)CCCC1(C)C)OCCCCC. The Kier molecular flexibility index (Phi) is 14.6. The zero-order valence-electron chi connectivity index (χ0n) is 22.1. The molecule has 2 nitrogen and oxygen atoms in total. The van der Waals surface area contributed by atoms with Gasteiger partial charge in [0.2, 0.25) is 0 Å². The molecule has 0 aliphatic heterocycles. The van der Waals surface area contributed by atoms with E-state index in [1.54, 1.807) is 5.57 Å². The van der Waals surface area contributed by atoms with Crippen LogP contribution in [0.4, 0.5) is 0 Å². The second-order valence-electron chi connectivity index (χ2n) is 9.97. The number of rotatable bonds is 15. The molecule has 0 N–H and O–H groups in total. The maximum absolute atomic E-state index is 5.99. The van der Waals surface area contributed by atoms with Crippen molar-refractivity contribution < 1.29 is 9.47 Å². The molecule has 0 fully saturated rings. The summed E-state index contributed by atoms with van der Waals surface area (Å²) >= 11 is 0. The normalized spacial score (nSPS) is 18.0. The molecule has 0 saturated carbocycles. The summed E-state index contributed by atoms with van der Waals surface area (Å²) in [5.74, 6) is 0. The van der Waals surface area contributed by atoms with Crippen molar-refractivity contribution in [2.45, 2.75) is 113 Å². The highest BCUT2D eigenvalue weighted by molar-refractivity contribution is 5.37. The van der Waals surface area contributed by atoms with Gasteiger partial charge in [0.1, 0.15) is 0 Å². The number of unbranched alkanes of at least 4 members (excludes halogenated alkanes) is 4. The molecule has 0 heterocycles. The standard InChI is InChI=1S/C30H50O2/c1-8-10-12-22-31-29(32-23-13-11-9-2)24-26(4)17-14-16-25(3)19-20-28-27(5)18-15-21-30(28,6)7/h14,16-17,19-20,24,29H,8-13,15,18,21-23H2,1-7H3. The fourth-order valence-electron chi connectivity index (χ4n) is 4.15. The molecular weight excluding hydrogens is 392 g/mol. The molecule has 1 rings (SSSR count). The number of allylic oxidation sites excluding steroid dienone is 9. The molecule has 0 atom stereocenters. The van der Waals surface area contributed by atoms with Crippen molar-refractivity contribution in [1.29, 1.82) is 0 Å². The van der Waals surface area contributed by atoms with Crippen molar-refractivity contribution in [2.75, 3.05) is 13.2 Å². The van der Waals surface area contributed by atoms with Crippen molar-refractivity contribution in [2.24, 2.45) is 5.41 Å². The highest BCUT2D eigenvalue weighted by Crippen LogP contribution is 2.40. The van der Waals surface area contributed by atoms with Gasteiger partial charge in [0.25, 0.3) is 0 Å². The summed E-state index contributed by atoms with van der Waals surface area (Å²) in [6, 6.07) is 0. The molecule has 32 heavy (non-hydrogen) atoms. The fraction of sp³-hybridized carbons (Fsp3) is 0.667. The lowest BCUT2D eigenvalue weighted by Gasteiger charge is -2.32. The second-order valence-corrected chi connectivity index (χ2v) is 9.97. The molecule has 1 aliphatic rings. The number of hydrogen-bond donors (Lipinski definition) is 0. The molecule has 0 spiro atoms. The second kappa shape index (κ2) is 16.3. The number of ether oxygens (including phenoxy) is 2. The Morgan fingerprint density at radius 1 is 0.938 bits per heavy atom. The number of hydrogen-bond acceptors (Lipinski definition) is 2. The summed E-state index contributed by atoms with van der Waals surface area (Å²) in [6.45, 7) is 17.3. The van der Waals surface area contributed by atoms with Gasteiger partial charge < -0.3 is 9.47 Å². The van der Waals surface area contributed by atoms with Crippen molar-refractivity contribution in [3.63, 3.8) is 0 Å². The summed E-state index contributed by atoms with van der Waals surface area (Å²) in [4.78, 5) is 0. The van der Waals surface area contributed by atoms with E-state index in [-0.39, 0.29) is 11.7 Å².